The van der Waals surface area contributed by atoms with E-state index in [0.717, 1.165) is 28.1 Å². The molecular formula is C23H22N4O3. The molecule has 0 bridgehead atoms. The van der Waals surface area contributed by atoms with Crippen LogP contribution in [0.2, 0.25) is 0 Å². The van der Waals surface area contributed by atoms with Crippen LogP contribution in [-0.2, 0) is 13.6 Å². The molecule has 0 aliphatic heterocycles. The van der Waals surface area contributed by atoms with Gasteiger partial charge in [0.25, 0.3) is 5.91 Å². The Morgan fingerprint density at radius 1 is 1.03 bits per heavy atom. The quantitative estimate of drug-likeness (QED) is 0.533. The maximum absolute atomic E-state index is 12.7. The second-order valence-corrected chi connectivity index (χ2v) is 6.79. The largest absolute Gasteiger partial charge is 0.493 e. The Balaban J connectivity index is 1.53. The summed E-state index contributed by atoms with van der Waals surface area (Å²) in [5.41, 5.74) is 3.95. The first-order valence-corrected chi connectivity index (χ1v) is 9.47. The highest BCUT2D eigenvalue weighted by atomic mass is 16.5. The molecule has 0 atom stereocenters. The van der Waals surface area contributed by atoms with Crippen molar-refractivity contribution in [3.8, 4) is 22.9 Å². The van der Waals surface area contributed by atoms with E-state index in [9.17, 15) is 4.79 Å². The van der Waals surface area contributed by atoms with Crippen molar-refractivity contribution in [3.05, 3.63) is 71.9 Å². The summed E-state index contributed by atoms with van der Waals surface area (Å²) in [6.07, 6.45) is 1.74. The molecule has 0 spiro atoms. The lowest BCUT2D eigenvalue weighted by Gasteiger charge is -2.11. The number of nitrogens with zero attached hydrogens (tertiary/aromatic N) is 3. The third-order valence-corrected chi connectivity index (χ3v) is 4.91. The lowest BCUT2D eigenvalue weighted by molar-refractivity contribution is 0.0951. The minimum atomic E-state index is -0.163. The molecular weight excluding hydrogens is 380 g/mol. The topological polar surface area (TPSA) is 78.3 Å². The minimum absolute atomic E-state index is 0.163. The van der Waals surface area contributed by atoms with Crippen molar-refractivity contribution >= 4 is 17.1 Å². The molecule has 30 heavy (non-hydrogen) atoms. The van der Waals surface area contributed by atoms with Crippen LogP contribution >= 0.6 is 0 Å². The maximum atomic E-state index is 12.7. The number of ether oxygens (including phenoxy) is 2. The first kappa shape index (κ1) is 19.4. The number of benzene rings is 2. The van der Waals surface area contributed by atoms with Crippen molar-refractivity contribution in [1.29, 1.82) is 0 Å². The number of pyridine rings is 1. The maximum Gasteiger partial charge on any atom is 0.251 e. The van der Waals surface area contributed by atoms with E-state index < -0.39 is 0 Å². The summed E-state index contributed by atoms with van der Waals surface area (Å²) in [7, 11) is 5.09. The van der Waals surface area contributed by atoms with E-state index in [1.54, 1.807) is 26.5 Å². The second kappa shape index (κ2) is 8.24. The fourth-order valence-corrected chi connectivity index (χ4v) is 3.36. The van der Waals surface area contributed by atoms with E-state index in [2.05, 4.69) is 15.3 Å². The Labute approximate surface area is 174 Å². The average Bonchev–Trinajstić information content (AvgIpc) is 3.14. The summed E-state index contributed by atoms with van der Waals surface area (Å²) >= 11 is 0. The SMILES string of the molecule is COc1ccc(CNC(=O)c2cccc(-c3nc4cccnc4n3C)c2)cc1OC. The number of fused-ring (bicyclic) bond motifs is 1. The highest BCUT2D eigenvalue weighted by molar-refractivity contribution is 5.95. The summed E-state index contributed by atoms with van der Waals surface area (Å²) in [5.74, 6) is 1.88. The van der Waals surface area contributed by atoms with Crippen molar-refractivity contribution in [3.63, 3.8) is 0 Å². The van der Waals surface area contributed by atoms with Crippen LogP contribution in [-0.4, -0.2) is 34.7 Å². The predicted molar refractivity (Wildman–Crippen MR) is 115 cm³/mol. The van der Waals surface area contributed by atoms with Gasteiger partial charge in [-0.05, 0) is 42.0 Å². The van der Waals surface area contributed by atoms with Gasteiger partial charge in [0.1, 0.15) is 11.3 Å². The zero-order valence-electron chi connectivity index (χ0n) is 17.0. The summed E-state index contributed by atoms with van der Waals surface area (Å²) in [6.45, 7) is 0.375. The van der Waals surface area contributed by atoms with Crippen LogP contribution in [0.4, 0.5) is 0 Å². The zero-order valence-corrected chi connectivity index (χ0v) is 17.0. The van der Waals surface area contributed by atoms with Gasteiger partial charge in [0.2, 0.25) is 0 Å². The molecule has 7 nitrogen and oxygen atoms in total. The van der Waals surface area contributed by atoms with Crippen molar-refractivity contribution in [2.75, 3.05) is 14.2 Å². The number of nitrogens with one attached hydrogen (secondary N) is 1. The molecule has 1 N–H and O–H groups in total. The monoisotopic (exact) mass is 402 g/mol. The van der Waals surface area contributed by atoms with Gasteiger partial charge in [0.05, 0.1) is 14.2 Å². The predicted octanol–water partition coefficient (Wildman–Crippen LogP) is 3.58. The molecule has 0 fully saturated rings. The van der Waals surface area contributed by atoms with E-state index in [-0.39, 0.29) is 5.91 Å². The fourth-order valence-electron chi connectivity index (χ4n) is 3.36. The Hall–Kier alpha value is -3.87. The molecule has 2 aromatic heterocycles. The first-order chi connectivity index (χ1) is 14.6. The number of aromatic nitrogens is 3. The number of hydrogen-bond donors (Lipinski definition) is 1. The van der Waals surface area contributed by atoms with Crippen molar-refractivity contribution < 1.29 is 14.3 Å². The Kier molecular flexibility index (Phi) is 5.34. The Bertz CT molecular complexity index is 1220. The van der Waals surface area contributed by atoms with E-state index in [4.69, 9.17) is 9.47 Å². The number of carbonyl (C=O) groups is 1. The highest BCUT2D eigenvalue weighted by Gasteiger charge is 2.13. The van der Waals surface area contributed by atoms with E-state index in [1.807, 2.05) is 60.1 Å². The van der Waals surface area contributed by atoms with Crippen LogP contribution in [0.3, 0.4) is 0 Å². The number of methoxy groups -OCH3 is 2. The van der Waals surface area contributed by atoms with Gasteiger partial charge in [0, 0.05) is 30.9 Å². The molecule has 4 aromatic rings. The molecule has 0 aliphatic carbocycles. The number of rotatable bonds is 6. The van der Waals surface area contributed by atoms with Gasteiger partial charge in [0.15, 0.2) is 17.1 Å². The van der Waals surface area contributed by atoms with Gasteiger partial charge in [-0.2, -0.15) is 0 Å². The lowest BCUT2D eigenvalue weighted by atomic mass is 10.1. The zero-order chi connectivity index (χ0) is 21.1. The van der Waals surface area contributed by atoms with Gasteiger partial charge in [-0.25, -0.2) is 9.97 Å². The third-order valence-electron chi connectivity index (χ3n) is 4.91. The summed E-state index contributed by atoms with van der Waals surface area (Å²) in [5, 5.41) is 2.95. The second-order valence-electron chi connectivity index (χ2n) is 6.79. The molecule has 0 aliphatic rings. The number of aryl methyl sites for hydroxylation is 1. The molecule has 2 heterocycles. The van der Waals surface area contributed by atoms with Crippen molar-refractivity contribution in [1.82, 2.24) is 19.9 Å². The Morgan fingerprint density at radius 2 is 1.87 bits per heavy atom. The molecule has 4 rings (SSSR count). The van der Waals surface area contributed by atoms with Crippen LogP contribution in [0.5, 0.6) is 11.5 Å². The first-order valence-electron chi connectivity index (χ1n) is 9.47. The van der Waals surface area contributed by atoms with Gasteiger partial charge >= 0.3 is 0 Å². The number of imidazole rings is 1. The summed E-state index contributed by atoms with van der Waals surface area (Å²) in [4.78, 5) is 21.8. The van der Waals surface area contributed by atoms with Crippen LogP contribution in [0.15, 0.2) is 60.8 Å². The fraction of sp³-hybridized carbons (Fsp3) is 0.174. The minimum Gasteiger partial charge on any atom is -0.493 e. The third kappa shape index (κ3) is 3.69. The van der Waals surface area contributed by atoms with E-state index in [0.29, 0.717) is 23.6 Å². The molecule has 2 aromatic carbocycles. The summed E-state index contributed by atoms with van der Waals surface area (Å²) in [6, 6.07) is 16.8. The standard InChI is InChI=1S/C23H22N4O3/c1-27-21(26-18-8-5-11-24-22(18)27)16-6-4-7-17(13-16)23(28)25-14-15-9-10-19(29-2)20(12-15)30-3/h4-13H,14H2,1-3H3,(H,25,28). The number of amides is 1. The van der Waals surface area contributed by atoms with Crippen molar-refractivity contribution in [2.24, 2.45) is 7.05 Å². The average molecular weight is 402 g/mol. The van der Waals surface area contributed by atoms with Crippen LogP contribution in [0.25, 0.3) is 22.6 Å². The van der Waals surface area contributed by atoms with Crippen molar-refractivity contribution in [2.45, 2.75) is 6.54 Å². The van der Waals surface area contributed by atoms with E-state index in [1.165, 1.54) is 0 Å². The van der Waals surface area contributed by atoms with Gasteiger partial charge < -0.3 is 19.4 Å². The smallest absolute Gasteiger partial charge is 0.251 e. The number of carbonyl (C=O) groups excluding carboxylic acids is 1. The summed E-state index contributed by atoms with van der Waals surface area (Å²) < 4.78 is 12.5. The van der Waals surface area contributed by atoms with Crippen LogP contribution in [0, 0.1) is 0 Å². The van der Waals surface area contributed by atoms with Gasteiger partial charge in [-0.15, -0.1) is 0 Å². The van der Waals surface area contributed by atoms with Gasteiger partial charge in [-0.3, -0.25) is 4.79 Å². The molecule has 7 heteroatoms. The molecule has 0 saturated heterocycles. The molecule has 0 unspecified atom stereocenters. The van der Waals surface area contributed by atoms with Gasteiger partial charge in [-0.1, -0.05) is 18.2 Å². The molecule has 0 radical (unpaired) electrons. The highest BCUT2D eigenvalue weighted by Crippen LogP contribution is 2.27. The van der Waals surface area contributed by atoms with Crippen LogP contribution < -0.4 is 14.8 Å². The molecule has 1 amide bonds. The Morgan fingerprint density at radius 3 is 2.63 bits per heavy atom. The molecule has 152 valence electrons. The number of hydrogen-bond acceptors (Lipinski definition) is 5. The molecule has 0 saturated carbocycles. The lowest BCUT2D eigenvalue weighted by Crippen LogP contribution is -2.22. The van der Waals surface area contributed by atoms with E-state index >= 15 is 0 Å². The normalized spacial score (nSPS) is 10.8. The van der Waals surface area contributed by atoms with Crippen LogP contribution in [0.1, 0.15) is 15.9 Å².